The van der Waals surface area contributed by atoms with Gasteiger partial charge in [0.2, 0.25) is 0 Å². The van der Waals surface area contributed by atoms with Crippen LogP contribution in [0.4, 0.5) is 4.39 Å². The van der Waals surface area contributed by atoms with E-state index >= 15 is 0 Å². The number of hydrogen-bond donors (Lipinski definition) is 1. The van der Waals surface area contributed by atoms with Gasteiger partial charge >= 0.3 is 0 Å². The topological polar surface area (TPSA) is 39.1 Å². The van der Waals surface area contributed by atoms with Crippen LogP contribution in [0.3, 0.4) is 0 Å². The molecule has 0 aliphatic rings. The van der Waals surface area contributed by atoms with Crippen molar-refractivity contribution in [3.05, 3.63) is 53.9 Å². The monoisotopic (exact) mass is 277 g/mol. The number of rotatable bonds is 7. The number of aromatic nitrogens is 2. The molecule has 0 saturated heterocycles. The highest BCUT2D eigenvalue weighted by Gasteiger charge is 2.12. The zero-order chi connectivity index (χ0) is 14.4. The number of benzene rings is 1. The minimum absolute atomic E-state index is 0.0485. The summed E-state index contributed by atoms with van der Waals surface area (Å²) in [4.78, 5) is 4.19. The first kappa shape index (κ1) is 14.7. The highest BCUT2D eigenvalue weighted by molar-refractivity contribution is 5.21. The van der Waals surface area contributed by atoms with Crippen LogP contribution in [-0.4, -0.2) is 29.8 Å². The van der Waals surface area contributed by atoms with E-state index in [1.807, 2.05) is 19.2 Å². The number of hydrogen-bond acceptors (Lipinski definition) is 3. The first-order chi connectivity index (χ1) is 9.72. The minimum Gasteiger partial charge on any atom is -0.383 e. The van der Waals surface area contributed by atoms with Crippen molar-refractivity contribution in [1.82, 2.24) is 14.9 Å². The normalized spacial score (nSPS) is 12.6. The Morgan fingerprint density at radius 1 is 1.45 bits per heavy atom. The summed E-state index contributed by atoms with van der Waals surface area (Å²) in [5.74, 6) is -0.214. The van der Waals surface area contributed by atoms with E-state index in [1.165, 1.54) is 6.07 Å². The first-order valence-corrected chi connectivity index (χ1v) is 6.68. The van der Waals surface area contributed by atoms with E-state index in [0.29, 0.717) is 13.2 Å². The van der Waals surface area contributed by atoms with Crippen molar-refractivity contribution in [2.75, 3.05) is 20.3 Å². The summed E-state index contributed by atoms with van der Waals surface area (Å²) in [6, 6.07) is 6.72. The zero-order valence-electron chi connectivity index (χ0n) is 11.8. The second kappa shape index (κ2) is 7.17. The number of halogens is 1. The molecule has 4 nitrogen and oxygen atoms in total. The third-order valence-corrected chi connectivity index (χ3v) is 3.28. The third kappa shape index (κ3) is 3.65. The fourth-order valence-electron chi connectivity index (χ4n) is 2.14. The molecule has 0 radical (unpaired) electrons. The molecule has 0 aliphatic carbocycles. The summed E-state index contributed by atoms with van der Waals surface area (Å²) >= 11 is 0. The summed E-state index contributed by atoms with van der Waals surface area (Å²) in [5.41, 5.74) is 2.00. The molecule has 1 unspecified atom stereocenters. The van der Waals surface area contributed by atoms with Crippen LogP contribution in [0.1, 0.15) is 24.2 Å². The molecule has 0 fully saturated rings. The number of nitrogens with zero attached hydrogens (tertiary/aromatic N) is 2. The molecule has 0 bridgehead atoms. The van der Waals surface area contributed by atoms with Gasteiger partial charge in [-0.15, -0.1) is 0 Å². The van der Waals surface area contributed by atoms with Crippen molar-refractivity contribution in [2.45, 2.75) is 19.5 Å². The average molecular weight is 277 g/mol. The Bertz CT molecular complexity index is 541. The highest BCUT2D eigenvalue weighted by Crippen LogP contribution is 2.20. The van der Waals surface area contributed by atoms with Crippen LogP contribution >= 0.6 is 0 Å². The highest BCUT2D eigenvalue weighted by atomic mass is 19.1. The standard InChI is InChI=1S/C15H20FN3O/c1-12(13-4-3-5-14(16)8-13)19-11-18-10-15(19)9-17-6-7-20-2/h3-5,8,10-12,17H,6-7,9H2,1-2H3. The Kier molecular flexibility index (Phi) is 5.26. The largest absolute Gasteiger partial charge is 0.383 e. The summed E-state index contributed by atoms with van der Waals surface area (Å²) < 4.78 is 20.4. The Labute approximate surface area is 118 Å². The fraction of sp³-hybridized carbons (Fsp3) is 0.400. The van der Waals surface area contributed by atoms with Crippen LogP contribution < -0.4 is 5.32 Å². The predicted octanol–water partition coefficient (Wildman–Crippen LogP) is 2.37. The van der Waals surface area contributed by atoms with Gasteiger partial charge in [0.15, 0.2) is 0 Å². The van der Waals surface area contributed by atoms with Gasteiger partial charge in [0.05, 0.1) is 24.7 Å². The van der Waals surface area contributed by atoms with Crippen molar-refractivity contribution in [1.29, 1.82) is 0 Å². The van der Waals surface area contributed by atoms with Crippen molar-refractivity contribution >= 4 is 0 Å². The van der Waals surface area contributed by atoms with Gasteiger partial charge in [0, 0.05) is 26.4 Å². The predicted molar refractivity (Wildman–Crippen MR) is 76.0 cm³/mol. The second-order valence-corrected chi connectivity index (χ2v) is 4.69. The van der Waals surface area contributed by atoms with Gasteiger partial charge < -0.3 is 14.6 Å². The molecule has 20 heavy (non-hydrogen) atoms. The molecule has 0 saturated carbocycles. The van der Waals surface area contributed by atoms with Crippen molar-refractivity contribution in [3.8, 4) is 0 Å². The summed E-state index contributed by atoms with van der Waals surface area (Å²) in [6.45, 7) is 4.21. The van der Waals surface area contributed by atoms with E-state index in [9.17, 15) is 4.39 Å². The van der Waals surface area contributed by atoms with Crippen molar-refractivity contribution in [3.63, 3.8) is 0 Å². The maximum atomic E-state index is 13.3. The van der Waals surface area contributed by atoms with Crippen LogP contribution in [-0.2, 0) is 11.3 Å². The number of methoxy groups -OCH3 is 1. The van der Waals surface area contributed by atoms with Crippen LogP contribution in [0.2, 0.25) is 0 Å². The van der Waals surface area contributed by atoms with Gasteiger partial charge in [-0.1, -0.05) is 12.1 Å². The van der Waals surface area contributed by atoms with Gasteiger partial charge in [-0.25, -0.2) is 9.37 Å². The molecule has 0 spiro atoms. The zero-order valence-corrected chi connectivity index (χ0v) is 11.8. The molecule has 0 amide bonds. The molecule has 1 N–H and O–H groups in total. The maximum Gasteiger partial charge on any atom is 0.123 e. The van der Waals surface area contributed by atoms with Gasteiger partial charge in [-0.05, 0) is 24.6 Å². The lowest BCUT2D eigenvalue weighted by Gasteiger charge is -2.17. The van der Waals surface area contributed by atoms with Gasteiger partial charge in [0.1, 0.15) is 5.82 Å². The molecule has 0 aliphatic heterocycles. The average Bonchev–Trinajstić information content (AvgIpc) is 2.91. The second-order valence-electron chi connectivity index (χ2n) is 4.69. The molecule has 5 heteroatoms. The Balaban J connectivity index is 2.07. The molecule has 1 aromatic carbocycles. The van der Waals surface area contributed by atoms with Crippen molar-refractivity contribution < 1.29 is 9.13 Å². The Morgan fingerprint density at radius 3 is 3.05 bits per heavy atom. The Hall–Kier alpha value is -1.72. The molecule has 108 valence electrons. The van der Waals surface area contributed by atoms with E-state index in [-0.39, 0.29) is 11.9 Å². The van der Waals surface area contributed by atoms with Crippen LogP contribution in [0, 0.1) is 5.82 Å². The molecule has 2 rings (SSSR count). The van der Waals surface area contributed by atoms with E-state index < -0.39 is 0 Å². The number of ether oxygens (including phenoxy) is 1. The lowest BCUT2D eigenvalue weighted by molar-refractivity contribution is 0.199. The summed E-state index contributed by atoms with van der Waals surface area (Å²) in [7, 11) is 1.68. The van der Waals surface area contributed by atoms with Gasteiger partial charge in [-0.3, -0.25) is 0 Å². The maximum absolute atomic E-state index is 13.3. The molecule has 1 aromatic heterocycles. The van der Waals surface area contributed by atoms with Crippen LogP contribution in [0.25, 0.3) is 0 Å². The SMILES string of the molecule is COCCNCc1cncn1C(C)c1cccc(F)c1. The third-order valence-electron chi connectivity index (χ3n) is 3.28. The van der Waals surface area contributed by atoms with Gasteiger partial charge in [0.25, 0.3) is 0 Å². The van der Waals surface area contributed by atoms with Crippen LogP contribution in [0.5, 0.6) is 0 Å². The lowest BCUT2D eigenvalue weighted by Crippen LogP contribution is -2.21. The lowest BCUT2D eigenvalue weighted by atomic mass is 10.1. The molecule has 1 heterocycles. The molecule has 2 aromatic rings. The quantitative estimate of drug-likeness (QED) is 0.790. The molecular weight excluding hydrogens is 257 g/mol. The van der Waals surface area contributed by atoms with E-state index in [4.69, 9.17) is 4.74 Å². The van der Waals surface area contributed by atoms with Gasteiger partial charge in [-0.2, -0.15) is 0 Å². The molecule has 1 atom stereocenters. The smallest absolute Gasteiger partial charge is 0.123 e. The number of imidazole rings is 1. The van der Waals surface area contributed by atoms with E-state index in [1.54, 1.807) is 25.6 Å². The van der Waals surface area contributed by atoms with Crippen LogP contribution in [0.15, 0.2) is 36.8 Å². The fourth-order valence-corrected chi connectivity index (χ4v) is 2.14. The minimum atomic E-state index is -0.214. The van der Waals surface area contributed by atoms with E-state index in [2.05, 4.69) is 14.9 Å². The van der Waals surface area contributed by atoms with E-state index in [0.717, 1.165) is 17.8 Å². The molecular formula is C15H20FN3O. The Morgan fingerprint density at radius 2 is 2.30 bits per heavy atom. The first-order valence-electron chi connectivity index (χ1n) is 6.68. The number of nitrogens with one attached hydrogen (secondary N) is 1. The summed E-state index contributed by atoms with van der Waals surface area (Å²) in [6.07, 6.45) is 3.61. The van der Waals surface area contributed by atoms with Crippen molar-refractivity contribution in [2.24, 2.45) is 0 Å². The summed E-state index contributed by atoms with van der Waals surface area (Å²) in [5, 5.41) is 3.29.